The number of carbonyl (C=O) groups excluding carboxylic acids is 1. The molecule has 0 bridgehead atoms. The van der Waals surface area contributed by atoms with Crippen molar-refractivity contribution in [2.75, 3.05) is 37.1 Å². The lowest BCUT2D eigenvalue weighted by atomic mass is 10.2. The molecule has 0 spiro atoms. The number of rotatable bonds is 10. The van der Waals surface area contributed by atoms with E-state index in [9.17, 15) is 13.2 Å². The van der Waals surface area contributed by atoms with E-state index >= 15 is 0 Å². The number of hydrogen-bond acceptors (Lipinski definition) is 9. The fraction of sp³-hybridized carbons (Fsp3) is 0.167. The molecule has 1 heterocycles. The van der Waals surface area contributed by atoms with Crippen LogP contribution in [0.15, 0.2) is 75.2 Å². The fourth-order valence-electron chi connectivity index (χ4n) is 3.20. The number of fused-ring (bicyclic) bond motifs is 1. The lowest BCUT2D eigenvalue weighted by Crippen LogP contribution is -2.14. The molecule has 0 radical (unpaired) electrons. The molecule has 4 aromatic rings. The summed E-state index contributed by atoms with van der Waals surface area (Å²) in [6.45, 7) is 0. The Hall–Kier alpha value is -3.90. The van der Waals surface area contributed by atoms with Crippen molar-refractivity contribution in [2.24, 2.45) is 0 Å². The average molecular weight is 530 g/mol. The first-order valence-corrected chi connectivity index (χ1v) is 13.0. The summed E-state index contributed by atoms with van der Waals surface area (Å²) < 4.78 is 49.3. The Morgan fingerprint density at radius 2 is 1.67 bits per heavy atom. The molecule has 10 nitrogen and oxygen atoms in total. The molecule has 0 saturated carbocycles. The molecular formula is C24H23N3O7S2. The molecule has 0 fully saturated rings. The van der Waals surface area contributed by atoms with Crippen molar-refractivity contribution >= 4 is 50.2 Å². The molecule has 188 valence electrons. The van der Waals surface area contributed by atoms with Gasteiger partial charge in [0, 0.05) is 11.8 Å². The van der Waals surface area contributed by atoms with Crippen LogP contribution in [0.4, 0.5) is 11.4 Å². The summed E-state index contributed by atoms with van der Waals surface area (Å²) in [5.41, 5.74) is 1.65. The first-order chi connectivity index (χ1) is 17.3. The molecule has 0 aliphatic heterocycles. The average Bonchev–Trinajstić information content (AvgIpc) is 3.30. The minimum atomic E-state index is -3.85. The zero-order valence-electron chi connectivity index (χ0n) is 19.6. The first-order valence-electron chi connectivity index (χ1n) is 10.5. The molecule has 3 aromatic carbocycles. The standard InChI is InChI=1S/C24H23N3O7S2/c1-31-16-6-4-15(5-7-16)27-36(29,30)18-9-11-21-20(13-18)26-24(34-21)35-14-23(28)25-19-10-8-17(32-2)12-22(19)33-3/h4-13,27H,14H2,1-3H3,(H,25,28). The summed E-state index contributed by atoms with van der Waals surface area (Å²) in [6.07, 6.45) is 0. The van der Waals surface area contributed by atoms with Gasteiger partial charge in [0.25, 0.3) is 15.2 Å². The number of amides is 1. The molecule has 36 heavy (non-hydrogen) atoms. The number of nitrogens with one attached hydrogen (secondary N) is 2. The molecular weight excluding hydrogens is 506 g/mol. The summed E-state index contributed by atoms with van der Waals surface area (Å²) in [6, 6.07) is 15.9. The molecule has 0 aliphatic rings. The number of aromatic nitrogens is 1. The van der Waals surface area contributed by atoms with Gasteiger partial charge in [0.2, 0.25) is 5.91 Å². The van der Waals surface area contributed by atoms with Crippen LogP contribution in [0.25, 0.3) is 11.1 Å². The second kappa shape index (κ2) is 10.8. The normalized spacial score (nSPS) is 11.2. The second-order valence-electron chi connectivity index (χ2n) is 7.35. The minimum Gasteiger partial charge on any atom is -0.497 e. The Kier molecular flexibility index (Phi) is 7.55. The highest BCUT2D eigenvalue weighted by molar-refractivity contribution is 7.99. The highest BCUT2D eigenvalue weighted by atomic mass is 32.2. The van der Waals surface area contributed by atoms with Crippen LogP contribution < -0.4 is 24.2 Å². The van der Waals surface area contributed by atoms with E-state index in [4.69, 9.17) is 18.6 Å². The van der Waals surface area contributed by atoms with Gasteiger partial charge in [-0.1, -0.05) is 11.8 Å². The van der Waals surface area contributed by atoms with Gasteiger partial charge < -0.3 is 23.9 Å². The summed E-state index contributed by atoms with van der Waals surface area (Å²) in [5.74, 6) is 1.41. The highest BCUT2D eigenvalue weighted by Gasteiger charge is 2.18. The molecule has 0 unspecified atom stereocenters. The van der Waals surface area contributed by atoms with Crippen molar-refractivity contribution in [3.8, 4) is 17.2 Å². The zero-order chi connectivity index (χ0) is 25.7. The van der Waals surface area contributed by atoms with Crippen molar-refractivity contribution in [3.63, 3.8) is 0 Å². The molecule has 4 rings (SSSR count). The molecule has 0 atom stereocenters. The van der Waals surface area contributed by atoms with Gasteiger partial charge in [0.05, 0.1) is 37.7 Å². The quantitative estimate of drug-likeness (QED) is 0.287. The Bertz CT molecular complexity index is 1490. The van der Waals surface area contributed by atoms with E-state index in [2.05, 4.69) is 15.0 Å². The maximum Gasteiger partial charge on any atom is 0.261 e. The van der Waals surface area contributed by atoms with Gasteiger partial charge >= 0.3 is 0 Å². The highest BCUT2D eigenvalue weighted by Crippen LogP contribution is 2.30. The van der Waals surface area contributed by atoms with Gasteiger partial charge in [-0.25, -0.2) is 13.4 Å². The number of hydrogen-bond donors (Lipinski definition) is 2. The number of nitrogens with zero attached hydrogens (tertiary/aromatic N) is 1. The van der Waals surface area contributed by atoms with Crippen LogP contribution >= 0.6 is 11.8 Å². The summed E-state index contributed by atoms with van der Waals surface area (Å²) in [4.78, 5) is 16.8. The fourth-order valence-corrected chi connectivity index (χ4v) is 4.92. The third kappa shape index (κ3) is 5.83. The van der Waals surface area contributed by atoms with Gasteiger partial charge in [-0.15, -0.1) is 0 Å². The van der Waals surface area contributed by atoms with Crippen LogP contribution in [0.2, 0.25) is 0 Å². The number of thioether (sulfide) groups is 1. The Balaban J connectivity index is 1.42. The summed E-state index contributed by atoms with van der Waals surface area (Å²) in [7, 11) is 0.720. The molecule has 1 amide bonds. The van der Waals surface area contributed by atoms with Gasteiger partial charge in [0.1, 0.15) is 22.8 Å². The molecule has 2 N–H and O–H groups in total. The van der Waals surface area contributed by atoms with E-state index in [1.165, 1.54) is 32.4 Å². The number of oxazole rings is 1. The largest absolute Gasteiger partial charge is 0.497 e. The lowest BCUT2D eigenvalue weighted by molar-refractivity contribution is -0.113. The van der Waals surface area contributed by atoms with E-state index < -0.39 is 10.0 Å². The molecule has 0 saturated heterocycles. The smallest absolute Gasteiger partial charge is 0.261 e. The predicted molar refractivity (Wildman–Crippen MR) is 137 cm³/mol. The van der Waals surface area contributed by atoms with E-state index in [-0.39, 0.29) is 21.8 Å². The number of benzene rings is 3. The van der Waals surface area contributed by atoms with Crippen LogP contribution in [0.5, 0.6) is 17.2 Å². The summed E-state index contributed by atoms with van der Waals surface area (Å²) >= 11 is 1.08. The van der Waals surface area contributed by atoms with Crippen LogP contribution in [-0.2, 0) is 14.8 Å². The van der Waals surface area contributed by atoms with Crippen molar-refractivity contribution in [3.05, 3.63) is 60.7 Å². The number of sulfonamides is 1. The Morgan fingerprint density at radius 1 is 0.944 bits per heavy atom. The maximum absolute atomic E-state index is 12.8. The van der Waals surface area contributed by atoms with Crippen molar-refractivity contribution in [1.82, 2.24) is 4.98 Å². The van der Waals surface area contributed by atoms with Gasteiger partial charge in [-0.2, -0.15) is 0 Å². The predicted octanol–water partition coefficient (Wildman–Crippen LogP) is 4.39. The van der Waals surface area contributed by atoms with Crippen molar-refractivity contribution in [2.45, 2.75) is 10.1 Å². The van der Waals surface area contributed by atoms with Gasteiger partial charge in [-0.05, 0) is 54.6 Å². The zero-order valence-corrected chi connectivity index (χ0v) is 21.2. The van der Waals surface area contributed by atoms with Crippen molar-refractivity contribution < 1.29 is 31.8 Å². The monoisotopic (exact) mass is 529 g/mol. The van der Waals surface area contributed by atoms with Crippen LogP contribution in [-0.4, -0.2) is 46.4 Å². The Labute approximate surface area is 212 Å². The van der Waals surface area contributed by atoms with Gasteiger partial charge in [0.15, 0.2) is 5.58 Å². The molecule has 1 aromatic heterocycles. The third-order valence-electron chi connectivity index (χ3n) is 5.00. The number of methoxy groups -OCH3 is 3. The topological polar surface area (TPSA) is 129 Å². The lowest BCUT2D eigenvalue weighted by Gasteiger charge is -2.11. The van der Waals surface area contributed by atoms with Crippen LogP contribution in [0, 0.1) is 0 Å². The van der Waals surface area contributed by atoms with E-state index in [1.54, 1.807) is 49.6 Å². The maximum atomic E-state index is 12.8. The minimum absolute atomic E-state index is 0.0200. The van der Waals surface area contributed by atoms with Gasteiger partial charge in [-0.3, -0.25) is 9.52 Å². The third-order valence-corrected chi connectivity index (χ3v) is 7.21. The second-order valence-corrected chi connectivity index (χ2v) is 9.96. The first kappa shape index (κ1) is 25.2. The Morgan fingerprint density at radius 3 is 2.36 bits per heavy atom. The number of ether oxygens (including phenoxy) is 3. The van der Waals surface area contributed by atoms with Crippen LogP contribution in [0.3, 0.4) is 0 Å². The molecule has 12 heteroatoms. The van der Waals surface area contributed by atoms with E-state index in [0.717, 1.165) is 11.8 Å². The number of carbonyl (C=O) groups is 1. The molecule has 0 aliphatic carbocycles. The summed E-state index contributed by atoms with van der Waals surface area (Å²) in [5, 5.41) is 3.01. The number of anilines is 2. The van der Waals surface area contributed by atoms with E-state index in [0.29, 0.717) is 39.7 Å². The van der Waals surface area contributed by atoms with Crippen molar-refractivity contribution in [1.29, 1.82) is 0 Å². The van der Waals surface area contributed by atoms with E-state index in [1.807, 2.05) is 0 Å². The van der Waals surface area contributed by atoms with Crippen LogP contribution in [0.1, 0.15) is 0 Å². The SMILES string of the molecule is COc1ccc(NS(=O)(=O)c2ccc3oc(SCC(=O)Nc4ccc(OC)cc4OC)nc3c2)cc1.